The maximum Gasteiger partial charge on any atom is 0.250 e. The van der Waals surface area contributed by atoms with Gasteiger partial charge in [0.05, 0.1) is 0 Å². The lowest BCUT2D eigenvalue weighted by Crippen LogP contribution is -2.46. The molecule has 3 heterocycles. The highest BCUT2D eigenvalue weighted by Gasteiger charge is 2.34. The molecule has 0 unspecified atom stereocenters. The minimum Gasteiger partial charge on any atom is -0.312 e. The molecule has 0 N–H and O–H groups in total. The Hall–Kier alpha value is -1.65. The van der Waals surface area contributed by atoms with E-state index in [4.69, 9.17) is 11.6 Å². The molecule has 3 nitrogen and oxygen atoms in total. The van der Waals surface area contributed by atoms with Gasteiger partial charge in [-0.3, -0.25) is 9.69 Å². The Morgan fingerprint density at radius 2 is 1.96 bits per heavy atom. The molecule has 1 fully saturated rings. The monoisotopic (exact) mass is 332 g/mol. The Kier molecular flexibility index (Phi) is 3.74. The van der Waals surface area contributed by atoms with Crippen molar-refractivity contribution in [3.05, 3.63) is 68.8 Å². The predicted octanol–water partition coefficient (Wildman–Crippen LogP) is 3.26. The number of rotatable bonds is 2. The normalized spacial score (nSPS) is 23.6. The summed E-state index contributed by atoms with van der Waals surface area (Å²) in [4.78, 5) is 14.3. The van der Waals surface area contributed by atoms with Crippen molar-refractivity contribution in [2.75, 3.05) is 13.1 Å². The Morgan fingerprint density at radius 1 is 1.13 bits per heavy atom. The second-order valence-electron chi connectivity index (χ2n) is 6.59. The lowest BCUT2D eigenvalue weighted by atomic mass is 9.83. The summed E-state index contributed by atoms with van der Waals surface area (Å²) in [6.45, 7) is 3.00. The fraction of sp³-hybridized carbons (Fsp3) is 0.389. The summed E-state index contributed by atoms with van der Waals surface area (Å²) in [7, 11) is 0. The molecule has 2 aliphatic rings. The van der Waals surface area contributed by atoms with Crippen LogP contribution in [0.25, 0.3) is 0 Å². The Balaban J connectivity index is 1.60. The largest absolute Gasteiger partial charge is 0.312 e. The summed E-state index contributed by atoms with van der Waals surface area (Å²) >= 11 is 6.16. The Bertz CT molecular complexity index is 784. The fourth-order valence-corrected chi connectivity index (χ4v) is 4.25. The van der Waals surface area contributed by atoms with Crippen LogP contribution < -0.4 is 5.56 Å². The molecule has 2 atom stereocenters. The number of fused-ring (bicyclic) bond motifs is 4. The number of likely N-dealkylation sites (tertiary alicyclic amines) is 1. The molecule has 2 aliphatic heterocycles. The van der Waals surface area contributed by atoms with E-state index < -0.39 is 0 Å². The molecule has 0 spiro atoms. The summed E-state index contributed by atoms with van der Waals surface area (Å²) in [5, 5.41) is 0.484. The zero-order chi connectivity index (χ0) is 16.0. The van der Waals surface area contributed by atoms with Crippen LogP contribution in [0.3, 0.4) is 0 Å². The maximum absolute atomic E-state index is 14.0. The van der Waals surface area contributed by atoms with Gasteiger partial charge in [-0.1, -0.05) is 23.7 Å². The van der Waals surface area contributed by atoms with E-state index in [1.54, 1.807) is 18.2 Å². The number of nitrogens with zero attached hydrogens (tertiary/aromatic N) is 2. The smallest absolute Gasteiger partial charge is 0.250 e. The molecule has 0 aliphatic carbocycles. The van der Waals surface area contributed by atoms with Gasteiger partial charge >= 0.3 is 0 Å². The van der Waals surface area contributed by atoms with Crippen LogP contribution in [0.5, 0.6) is 0 Å². The van der Waals surface area contributed by atoms with Crippen LogP contribution in [0.15, 0.2) is 41.2 Å². The van der Waals surface area contributed by atoms with Gasteiger partial charge in [0, 0.05) is 54.4 Å². The van der Waals surface area contributed by atoms with E-state index in [9.17, 15) is 9.18 Å². The second kappa shape index (κ2) is 5.77. The lowest BCUT2D eigenvalue weighted by molar-refractivity contribution is 0.113. The summed E-state index contributed by atoms with van der Waals surface area (Å²) < 4.78 is 15.9. The first-order chi connectivity index (χ1) is 11.1. The van der Waals surface area contributed by atoms with Crippen molar-refractivity contribution in [3.63, 3.8) is 0 Å². The number of hydrogen-bond acceptors (Lipinski definition) is 2. The maximum atomic E-state index is 14.0. The average molecular weight is 333 g/mol. The first-order valence-electron chi connectivity index (χ1n) is 7.97. The van der Waals surface area contributed by atoms with Crippen LogP contribution in [0, 0.1) is 11.7 Å². The predicted molar refractivity (Wildman–Crippen MR) is 88.2 cm³/mol. The molecular formula is C18H18ClFN2O. The van der Waals surface area contributed by atoms with Crippen molar-refractivity contribution >= 4 is 11.6 Å². The quantitative estimate of drug-likeness (QED) is 0.843. The molecule has 2 aromatic rings. The van der Waals surface area contributed by atoms with Crippen LogP contribution in [0.2, 0.25) is 5.02 Å². The topological polar surface area (TPSA) is 25.2 Å². The van der Waals surface area contributed by atoms with Gasteiger partial charge in [-0.2, -0.15) is 0 Å². The number of aromatic nitrogens is 1. The number of halogens is 2. The van der Waals surface area contributed by atoms with Crippen molar-refractivity contribution in [3.8, 4) is 0 Å². The Labute approximate surface area is 139 Å². The molecule has 4 rings (SSSR count). The van der Waals surface area contributed by atoms with Crippen LogP contribution in [-0.4, -0.2) is 22.6 Å². The van der Waals surface area contributed by atoms with Crippen LogP contribution >= 0.6 is 11.6 Å². The standard InChI is InChI=1S/C18H18ClFN2O/c19-15-3-1-4-16(20)14(15)11-21-8-12-7-13(10-21)17-5-2-6-18(23)22(17)9-12/h1-6,12-13H,7-11H2/t12-,13-/m1/s1. The summed E-state index contributed by atoms with van der Waals surface area (Å²) in [6, 6.07) is 10.3. The first kappa shape index (κ1) is 14.9. The van der Waals surface area contributed by atoms with Gasteiger partial charge in [0.25, 0.3) is 5.56 Å². The summed E-state index contributed by atoms with van der Waals surface area (Å²) in [6.07, 6.45) is 1.10. The lowest BCUT2D eigenvalue weighted by Gasteiger charge is -2.42. The van der Waals surface area contributed by atoms with Gasteiger partial charge in [-0.05, 0) is 30.5 Å². The van der Waals surface area contributed by atoms with E-state index in [0.717, 1.165) is 31.7 Å². The molecular weight excluding hydrogens is 315 g/mol. The van der Waals surface area contributed by atoms with Crippen LogP contribution in [0.1, 0.15) is 23.6 Å². The minimum atomic E-state index is -0.246. The number of piperidine rings is 1. The first-order valence-corrected chi connectivity index (χ1v) is 8.34. The zero-order valence-electron chi connectivity index (χ0n) is 12.7. The summed E-state index contributed by atoms with van der Waals surface area (Å²) in [5.41, 5.74) is 1.76. The van der Waals surface area contributed by atoms with Gasteiger partial charge in [0.15, 0.2) is 0 Å². The SMILES string of the molecule is O=c1cccc2n1C[C@@H]1C[C@@H]2CN(Cc2c(F)cccc2Cl)C1. The molecule has 1 aromatic heterocycles. The Morgan fingerprint density at radius 3 is 2.78 bits per heavy atom. The molecule has 23 heavy (non-hydrogen) atoms. The number of hydrogen-bond donors (Lipinski definition) is 0. The van der Waals surface area contributed by atoms with E-state index in [2.05, 4.69) is 4.90 Å². The highest BCUT2D eigenvalue weighted by Crippen LogP contribution is 2.36. The van der Waals surface area contributed by atoms with Gasteiger partial charge in [-0.25, -0.2) is 4.39 Å². The summed E-state index contributed by atoms with van der Waals surface area (Å²) in [5.74, 6) is 0.527. The molecule has 5 heteroatoms. The van der Waals surface area contributed by atoms with E-state index >= 15 is 0 Å². The van der Waals surface area contributed by atoms with E-state index in [1.807, 2.05) is 16.7 Å². The molecule has 1 saturated heterocycles. The third-order valence-corrected chi connectivity index (χ3v) is 5.35. The second-order valence-corrected chi connectivity index (χ2v) is 7.00. The third kappa shape index (κ3) is 2.70. The molecule has 2 bridgehead atoms. The molecule has 0 amide bonds. The van der Waals surface area contributed by atoms with Gasteiger partial charge in [0.1, 0.15) is 5.82 Å². The highest BCUT2D eigenvalue weighted by molar-refractivity contribution is 6.31. The highest BCUT2D eigenvalue weighted by atomic mass is 35.5. The number of benzene rings is 1. The van der Waals surface area contributed by atoms with Crippen LogP contribution in [-0.2, 0) is 13.1 Å². The average Bonchev–Trinajstić information content (AvgIpc) is 2.52. The molecule has 1 aromatic carbocycles. The molecule has 0 saturated carbocycles. The van der Waals surface area contributed by atoms with Gasteiger partial charge < -0.3 is 4.57 Å². The minimum absolute atomic E-state index is 0.0859. The number of pyridine rings is 1. The van der Waals surface area contributed by atoms with E-state index in [1.165, 1.54) is 6.07 Å². The van der Waals surface area contributed by atoms with Crippen LogP contribution in [0.4, 0.5) is 4.39 Å². The van der Waals surface area contributed by atoms with E-state index in [0.29, 0.717) is 29.0 Å². The van der Waals surface area contributed by atoms with Crippen molar-refractivity contribution in [1.82, 2.24) is 9.47 Å². The van der Waals surface area contributed by atoms with Crippen molar-refractivity contribution in [2.24, 2.45) is 5.92 Å². The van der Waals surface area contributed by atoms with E-state index in [-0.39, 0.29) is 11.4 Å². The molecule has 120 valence electrons. The molecule has 0 radical (unpaired) electrons. The van der Waals surface area contributed by atoms with Gasteiger partial charge in [-0.15, -0.1) is 0 Å². The zero-order valence-corrected chi connectivity index (χ0v) is 13.5. The van der Waals surface area contributed by atoms with Crippen molar-refractivity contribution in [2.45, 2.75) is 25.4 Å². The fourth-order valence-electron chi connectivity index (χ4n) is 4.03. The third-order valence-electron chi connectivity index (χ3n) is 5.00. The van der Waals surface area contributed by atoms with Crippen molar-refractivity contribution < 1.29 is 4.39 Å². The van der Waals surface area contributed by atoms with Crippen molar-refractivity contribution in [1.29, 1.82) is 0 Å². The van der Waals surface area contributed by atoms with Gasteiger partial charge in [0.2, 0.25) is 0 Å².